The molecule has 3 rings (SSSR count). The maximum Gasteiger partial charge on any atom is 0.329 e. The molecule has 1 atom stereocenters. The first-order valence-corrected chi connectivity index (χ1v) is 8.84. The summed E-state index contributed by atoms with van der Waals surface area (Å²) in [5.41, 5.74) is 1.01. The number of carbonyl (C=O) groups excluding carboxylic acids is 4. The van der Waals surface area contributed by atoms with E-state index in [4.69, 9.17) is 21.6 Å². The van der Waals surface area contributed by atoms with Gasteiger partial charge in [0, 0.05) is 5.69 Å². The number of nitriles is 1. The minimum Gasteiger partial charge on any atom is -0.454 e. The van der Waals surface area contributed by atoms with Crippen LogP contribution in [0.5, 0.6) is 0 Å². The molecule has 8 nitrogen and oxygen atoms in total. The lowest BCUT2D eigenvalue weighted by atomic mass is 10.1. The molecule has 0 aliphatic carbocycles. The van der Waals surface area contributed by atoms with Gasteiger partial charge < -0.3 is 10.1 Å². The number of amides is 3. The molecule has 0 radical (unpaired) electrons. The Kier molecular flexibility index (Phi) is 5.61. The standard InChI is InChI=1S/C20H14ClN3O5/c1-11(24-18(26)14-4-2-3-5-15(14)19(24)27)20(28)29-10-17(25)23-13-7-6-12(9-22)16(21)8-13/h2-8,11H,10H2,1H3,(H,23,25)/t11-/m0/s1. The summed E-state index contributed by atoms with van der Waals surface area (Å²) in [4.78, 5) is 49.9. The van der Waals surface area contributed by atoms with Crippen LogP contribution in [0.4, 0.5) is 5.69 Å². The van der Waals surface area contributed by atoms with Gasteiger partial charge in [0.25, 0.3) is 17.7 Å². The Morgan fingerprint density at radius 3 is 2.34 bits per heavy atom. The van der Waals surface area contributed by atoms with Crippen molar-refractivity contribution in [1.29, 1.82) is 5.26 Å². The molecule has 2 aromatic rings. The zero-order valence-corrected chi connectivity index (χ0v) is 15.9. The third kappa shape index (κ3) is 3.95. The quantitative estimate of drug-likeness (QED) is 0.596. The zero-order valence-electron chi connectivity index (χ0n) is 15.1. The maximum absolute atomic E-state index is 12.4. The number of carbonyl (C=O) groups is 4. The Hall–Kier alpha value is -3.70. The van der Waals surface area contributed by atoms with Crippen molar-refractivity contribution in [2.45, 2.75) is 13.0 Å². The van der Waals surface area contributed by atoms with Crippen molar-refractivity contribution in [3.8, 4) is 6.07 Å². The molecule has 1 heterocycles. The zero-order chi connectivity index (χ0) is 21.1. The molecular formula is C20H14ClN3O5. The van der Waals surface area contributed by atoms with E-state index in [1.807, 2.05) is 6.07 Å². The first-order valence-electron chi connectivity index (χ1n) is 8.46. The number of esters is 1. The van der Waals surface area contributed by atoms with Crippen molar-refractivity contribution in [3.63, 3.8) is 0 Å². The number of nitrogens with one attached hydrogen (secondary N) is 1. The lowest BCUT2D eigenvalue weighted by Crippen LogP contribution is -2.44. The smallest absolute Gasteiger partial charge is 0.329 e. The highest BCUT2D eigenvalue weighted by Crippen LogP contribution is 2.25. The van der Waals surface area contributed by atoms with E-state index in [1.54, 1.807) is 12.1 Å². The number of fused-ring (bicyclic) bond motifs is 1. The van der Waals surface area contributed by atoms with Gasteiger partial charge in [-0.1, -0.05) is 23.7 Å². The number of hydrogen-bond donors (Lipinski definition) is 1. The minimum atomic E-state index is -1.19. The molecule has 0 unspecified atom stereocenters. The predicted octanol–water partition coefficient (Wildman–Crippen LogP) is 2.38. The number of halogens is 1. The van der Waals surface area contributed by atoms with Crippen molar-refractivity contribution in [2.75, 3.05) is 11.9 Å². The lowest BCUT2D eigenvalue weighted by Gasteiger charge is -2.20. The average Bonchev–Trinajstić information content (AvgIpc) is 2.96. The van der Waals surface area contributed by atoms with Crippen LogP contribution in [0.1, 0.15) is 33.2 Å². The van der Waals surface area contributed by atoms with E-state index in [1.165, 1.54) is 37.3 Å². The fourth-order valence-electron chi connectivity index (χ4n) is 2.80. The van der Waals surface area contributed by atoms with E-state index in [-0.39, 0.29) is 21.7 Å². The summed E-state index contributed by atoms with van der Waals surface area (Å²) in [5, 5.41) is 11.5. The van der Waals surface area contributed by atoms with Crippen LogP contribution in [0.15, 0.2) is 42.5 Å². The van der Waals surface area contributed by atoms with Crippen LogP contribution >= 0.6 is 11.6 Å². The summed E-state index contributed by atoms with van der Waals surface area (Å²) in [6, 6.07) is 11.3. The Morgan fingerprint density at radius 1 is 1.17 bits per heavy atom. The first kappa shape index (κ1) is 20.0. The summed E-state index contributed by atoms with van der Waals surface area (Å²) < 4.78 is 4.94. The van der Waals surface area contributed by atoms with Crippen molar-refractivity contribution in [3.05, 3.63) is 64.2 Å². The molecule has 0 fully saturated rings. The van der Waals surface area contributed by atoms with Gasteiger partial charge in [-0.15, -0.1) is 0 Å². The Labute approximate surface area is 170 Å². The van der Waals surface area contributed by atoms with Gasteiger partial charge in [-0.3, -0.25) is 19.3 Å². The third-order valence-corrected chi connectivity index (χ3v) is 4.59. The summed E-state index contributed by atoms with van der Waals surface area (Å²) >= 11 is 5.89. The molecular weight excluding hydrogens is 398 g/mol. The van der Waals surface area contributed by atoms with Gasteiger partial charge >= 0.3 is 5.97 Å². The number of anilines is 1. The van der Waals surface area contributed by atoms with E-state index in [9.17, 15) is 19.2 Å². The van der Waals surface area contributed by atoms with Crippen molar-refractivity contribution in [2.24, 2.45) is 0 Å². The predicted molar refractivity (Wildman–Crippen MR) is 102 cm³/mol. The molecule has 0 saturated carbocycles. The Balaban J connectivity index is 1.59. The largest absolute Gasteiger partial charge is 0.454 e. The van der Waals surface area contributed by atoms with Crippen LogP contribution < -0.4 is 5.32 Å². The number of ether oxygens (including phenoxy) is 1. The molecule has 9 heteroatoms. The van der Waals surface area contributed by atoms with Gasteiger partial charge in [0.05, 0.1) is 21.7 Å². The summed E-state index contributed by atoms with van der Waals surface area (Å²) in [6.07, 6.45) is 0. The second kappa shape index (κ2) is 8.12. The van der Waals surface area contributed by atoms with Gasteiger partial charge in [-0.05, 0) is 37.3 Å². The van der Waals surface area contributed by atoms with Gasteiger partial charge in [-0.2, -0.15) is 5.26 Å². The van der Waals surface area contributed by atoms with E-state index < -0.39 is 36.3 Å². The van der Waals surface area contributed by atoms with Crippen LogP contribution in [0, 0.1) is 11.3 Å². The monoisotopic (exact) mass is 411 g/mol. The molecule has 1 N–H and O–H groups in total. The number of rotatable bonds is 5. The van der Waals surface area contributed by atoms with Crippen LogP contribution in [-0.2, 0) is 14.3 Å². The van der Waals surface area contributed by atoms with Crippen molar-refractivity contribution in [1.82, 2.24) is 4.90 Å². The topological polar surface area (TPSA) is 117 Å². The highest BCUT2D eigenvalue weighted by atomic mass is 35.5. The molecule has 146 valence electrons. The molecule has 0 aromatic heterocycles. The van der Waals surface area contributed by atoms with Gasteiger partial charge in [0.2, 0.25) is 0 Å². The maximum atomic E-state index is 12.4. The van der Waals surface area contributed by atoms with Crippen LogP contribution in [0.25, 0.3) is 0 Å². The highest BCUT2D eigenvalue weighted by Gasteiger charge is 2.41. The molecule has 0 saturated heterocycles. The van der Waals surface area contributed by atoms with Crippen LogP contribution in [0.2, 0.25) is 5.02 Å². The summed E-state index contributed by atoms with van der Waals surface area (Å²) in [5.74, 6) is -2.72. The number of hydrogen-bond acceptors (Lipinski definition) is 6. The highest BCUT2D eigenvalue weighted by molar-refractivity contribution is 6.32. The second-order valence-corrected chi connectivity index (χ2v) is 6.57. The van der Waals surface area contributed by atoms with E-state index in [2.05, 4.69) is 5.32 Å². The Bertz CT molecular complexity index is 1040. The molecule has 0 bridgehead atoms. The second-order valence-electron chi connectivity index (χ2n) is 6.16. The average molecular weight is 412 g/mol. The van der Waals surface area contributed by atoms with Crippen LogP contribution in [0.3, 0.4) is 0 Å². The van der Waals surface area contributed by atoms with Gasteiger partial charge in [0.15, 0.2) is 6.61 Å². The summed E-state index contributed by atoms with van der Waals surface area (Å²) in [7, 11) is 0. The molecule has 1 aliphatic rings. The van der Waals surface area contributed by atoms with Gasteiger partial charge in [0.1, 0.15) is 12.1 Å². The van der Waals surface area contributed by atoms with E-state index in [0.29, 0.717) is 5.69 Å². The molecule has 3 amide bonds. The lowest BCUT2D eigenvalue weighted by molar-refractivity contribution is -0.150. The molecule has 2 aromatic carbocycles. The van der Waals surface area contributed by atoms with Crippen molar-refractivity contribution >= 4 is 41.0 Å². The number of nitrogens with zero attached hydrogens (tertiary/aromatic N) is 2. The van der Waals surface area contributed by atoms with E-state index >= 15 is 0 Å². The first-order chi connectivity index (χ1) is 13.8. The number of imide groups is 1. The fourth-order valence-corrected chi connectivity index (χ4v) is 3.03. The Morgan fingerprint density at radius 2 is 1.79 bits per heavy atom. The summed E-state index contributed by atoms with van der Waals surface area (Å²) in [6.45, 7) is 0.728. The fraction of sp³-hybridized carbons (Fsp3) is 0.150. The van der Waals surface area contributed by atoms with E-state index in [0.717, 1.165) is 4.90 Å². The normalized spacial score (nSPS) is 13.5. The molecule has 1 aliphatic heterocycles. The van der Waals surface area contributed by atoms with Crippen molar-refractivity contribution < 1.29 is 23.9 Å². The van der Waals surface area contributed by atoms with Crippen LogP contribution in [-0.4, -0.2) is 41.2 Å². The minimum absolute atomic E-state index is 0.168. The SMILES string of the molecule is C[C@@H](C(=O)OCC(=O)Nc1ccc(C#N)c(Cl)c1)N1C(=O)c2ccccc2C1=O. The molecule has 0 spiro atoms. The van der Waals surface area contributed by atoms with Gasteiger partial charge in [-0.25, -0.2) is 4.79 Å². The third-order valence-electron chi connectivity index (χ3n) is 4.27. The molecule has 29 heavy (non-hydrogen) atoms. The number of benzene rings is 2.